The van der Waals surface area contributed by atoms with Crippen molar-refractivity contribution in [3.05, 3.63) is 24.3 Å². The summed E-state index contributed by atoms with van der Waals surface area (Å²) in [4.78, 5) is 11.3. The highest BCUT2D eigenvalue weighted by atomic mass is 15.3. The van der Waals surface area contributed by atoms with Gasteiger partial charge >= 0.3 is 0 Å². The van der Waals surface area contributed by atoms with Gasteiger partial charge in [0.15, 0.2) is 0 Å². The van der Waals surface area contributed by atoms with Gasteiger partial charge in [0, 0.05) is 11.9 Å². The number of hydrazine groups is 1. The Morgan fingerprint density at radius 2 is 1.95 bits per heavy atom. The van der Waals surface area contributed by atoms with Crippen molar-refractivity contribution in [3.8, 4) is 0 Å². The second-order valence-corrected chi connectivity index (χ2v) is 5.39. The fraction of sp³-hybridized carbons (Fsp3) is 0.467. The highest BCUT2D eigenvalue weighted by molar-refractivity contribution is 5.89. The van der Waals surface area contributed by atoms with Crippen molar-refractivity contribution in [2.75, 3.05) is 36.9 Å². The van der Waals surface area contributed by atoms with Crippen LogP contribution in [0, 0.1) is 0 Å². The van der Waals surface area contributed by atoms with E-state index in [2.05, 4.69) is 25.6 Å². The lowest BCUT2D eigenvalue weighted by Crippen LogP contribution is -2.22. The molecule has 0 bridgehead atoms. The van der Waals surface area contributed by atoms with E-state index in [-0.39, 0.29) is 0 Å². The topological polar surface area (TPSA) is 79.1 Å². The molecule has 0 unspecified atom stereocenters. The SMILES string of the molecule is NNc1nc(NCCCN2CCCC2)c2ccccc2n1. The molecular formula is C15H22N6. The van der Waals surface area contributed by atoms with Gasteiger partial charge in [-0.05, 0) is 51.0 Å². The largest absolute Gasteiger partial charge is 0.369 e. The number of hydrogen-bond acceptors (Lipinski definition) is 6. The maximum Gasteiger partial charge on any atom is 0.239 e. The van der Waals surface area contributed by atoms with Crippen LogP contribution in [0.2, 0.25) is 0 Å². The first-order valence-electron chi connectivity index (χ1n) is 7.56. The number of anilines is 2. The van der Waals surface area contributed by atoms with Gasteiger partial charge in [0.25, 0.3) is 0 Å². The van der Waals surface area contributed by atoms with Crippen LogP contribution in [0.5, 0.6) is 0 Å². The van der Waals surface area contributed by atoms with Gasteiger partial charge in [-0.25, -0.2) is 10.8 Å². The molecule has 0 atom stereocenters. The average molecular weight is 286 g/mol. The third-order valence-corrected chi connectivity index (χ3v) is 3.87. The van der Waals surface area contributed by atoms with E-state index in [1.54, 1.807) is 0 Å². The summed E-state index contributed by atoms with van der Waals surface area (Å²) in [5, 5.41) is 4.44. The van der Waals surface area contributed by atoms with Gasteiger partial charge < -0.3 is 10.2 Å². The van der Waals surface area contributed by atoms with Crippen LogP contribution in [-0.2, 0) is 0 Å². The molecule has 0 spiro atoms. The van der Waals surface area contributed by atoms with E-state index in [0.29, 0.717) is 5.95 Å². The Hall–Kier alpha value is -1.92. The minimum Gasteiger partial charge on any atom is -0.369 e. The number of nitrogens with one attached hydrogen (secondary N) is 2. The van der Waals surface area contributed by atoms with E-state index in [0.717, 1.165) is 36.2 Å². The predicted octanol–water partition coefficient (Wildman–Crippen LogP) is 1.81. The average Bonchev–Trinajstić information content (AvgIpc) is 3.04. The third kappa shape index (κ3) is 3.40. The summed E-state index contributed by atoms with van der Waals surface area (Å²) in [6.45, 7) is 4.55. The molecule has 6 nitrogen and oxygen atoms in total. The van der Waals surface area contributed by atoms with E-state index in [9.17, 15) is 0 Å². The molecule has 6 heteroatoms. The summed E-state index contributed by atoms with van der Waals surface area (Å²) < 4.78 is 0. The smallest absolute Gasteiger partial charge is 0.239 e. The summed E-state index contributed by atoms with van der Waals surface area (Å²) in [6, 6.07) is 7.95. The number of benzene rings is 1. The van der Waals surface area contributed by atoms with Gasteiger partial charge in [0.05, 0.1) is 5.52 Å². The first kappa shape index (κ1) is 14.0. The van der Waals surface area contributed by atoms with Crippen molar-refractivity contribution in [3.63, 3.8) is 0 Å². The molecule has 1 saturated heterocycles. The second-order valence-electron chi connectivity index (χ2n) is 5.39. The van der Waals surface area contributed by atoms with Gasteiger partial charge in [-0.2, -0.15) is 4.98 Å². The van der Waals surface area contributed by atoms with E-state index in [1.165, 1.54) is 25.9 Å². The molecule has 1 aliphatic rings. The van der Waals surface area contributed by atoms with Gasteiger partial charge in [0.1, 0.15) is 5.82 Å². The molecule has 1 aliphatic heterocycles. The summed E-state index contributed by atoms with van der Waals surface area (Å²) in [7, 11) is 0. The summed E-state index contributed by atoms with van der Waals surface area (Å²) in [5.41, 5.74) is 3.42. The molecule has 3 rings (SSSR count). The molecule has 0 radical (unpaired) electrons. The van der Waals surface area contributed by atoms with E-state index < -0.39 is 0 Å². The van der Waals surface area contributed by atoms with Gasteiger partial charge in [-0.1, -0.05) is 12.1 Å². The van der Waals surface area contributed by atoms with Crippen LogP contribution in [0.4, 0.5) is 11.8 Å². The molecule has 4 N–H and O–H groups in total. The van der Waals surface area contributed by atoms with Crippen molar-refractivity contribution in [1.29, 1.82) is 0 Å². The van der Waals surface area contributed by atoms with E-state index in [1.807, 2.05) is 24.3 Å². The Morgan fingerprint density at radius 1 is 1.14 bits per heavy atom. The zero-order valence-electron chi connectivity index (χ0n) is 12.2. The Balaban J connectivity index is 1.64. The van der Waals surface area contributed by atoms with Crippen molar-refractivity contribution < 1.29 is 0 Å². The molecule has 1 fully saturated rings. The molecule has 0 amide bonds. The molecule has 21 heavy (non-hydrogen) atoms. The monoisotopic (exact) mass is 286 g/mol. The maximum atomic E-state index is 5.44. The second kappa shape index (κ2) is 6.69. The fourth-order valence-electron chi connectivity index (χ4n) is 2.79. The Kier molecular flexibility index (Phi) is 4.47. The van der Waals surface area contributed by atoms with E-state index >= 15 is 0 Å². The standard InChI is InChI=1S/C15H22N6/c16-20-15-18-13-7-2-1-6-12(13)14(19-15)17-8-5-11-21-9-3-4-10-21/h1-2,6-7H,3-5,8-11,16H2,(H2,17,18,19,20). The van der Waals surface area contributed by atoms with Gasteiger partial charge in [-0.15, -0.1) is 0 Å². The number of hydrogen-bond donors (Lipinski definition) is 3. The molecular weight excluding hydrogens is 264 g/mol. The van der Waals surface area contributed by atoms with Gasteiger partial charge in [-0.3, -0.25) is 5.43 Å². The van der Waals surface area contributed by atoms with Crippen molar-refractivity contribution in [2.24, 2.45) is 5.84 Å². The summed E-state index contributed by atoms with van der Waals surface area (Å²) in [6.07, 6.45) is 3.80. The number of aromatic nitrogens is 2. The highest BCUT2D eigenvalue weighted by Crippen LogP contribution is 2.21. The molecule has 2 heterocycles. The van der Waals surface area contributed by atoms with Crippen molar-refractivity contribution >= 4 is 22.7 Å². The Bertz CT molecular complexity index is 594. The lowest BCUT2D eigenvalue weighted by Gasteiger charge is -2.15. The molecule has 1 aromatic carbocycles. The number of fused-ring (bicyclic) bond motifs is 1. The number of nitrogens with two attached hydrogens (primary N) is 1. The fourth-order valence-corrected chi connectivity index (χ4v) is 2.79. The third-order valence-electron chi connectivity index (χ3n) is 3.87. The van der Waals surface area contributed by atoms with Crippen LogP contribution in [-0.4, -0.2) is 41.0 Å². The van der Waals surface area contributed by atoms with Crippen LogP contribution >= 0.6 is 0 Å². The van der Waals surface area contributed by atoms with E-state index in [4.69, 9.17) is 5.84 Å². The molecule has 112 valence electrons. The predicted molar refractivity (Wildman–Crippen MR) is 86.1 cm³/mol. The highest BCUT2D eigenvalue weighted by Gasteiger charge is 2.11. The summed E-state index contributed by atoms with van der Waals surface area (Å²) in [5.74, 6) is 6.72. The van der Waals surface area contributed by atoms with Crippen molar-refractivity contribution in [2.45, 2.75) is 19.3 Å². The van der Waals surface area contributed by atoms with Gasteiger partial charge in [0.2, 0.25) is 5.95 Å². The van der Waals surface area contributed by atoms with Crippen LogP contribution in [0.25, 0.3) is 10.9 Å². The zero-order chi connectivity index (χ0) is 14.5. The molecule has 0 aliphatic carbocycles. The minimum absolute atomic E-state index is 0.441. The van der Waals surface area contributed by atoms with Crippen LogP contribution in [0.15, 0.2) is 24.3 Å². The van der Waals surface area contributed by atoms with Crippen LogP contribution < -0.4 is 16.6 Å². The van der Waals surface area contributed by atoms with Crippen molar-refractivity contribution in [1.82, 2.24) is 14.9 Å². The first-order chi connectivity index (χ1) is 10.4. The quantitative estimate of drug-likeness (QED) is 0.427. The molecule has 0 saturated carbocycles. The summed E-state index contributed by atoms with van der Waals surface area (Å²) >= 11 is 0. The number of rotatable bonds is 6. The number of likely N-dealkylation sites (tertiary alicyclic amines) is 1. The maximum absolute atomic E-state index is 5.44. The normalized spacial score (nSPS) is 15.5. The minimum atomic E-state index is 0.441. The number of nitrogen functional groups attached to an aromatic ring is 1. The van der Waals surface area contributed by atoms with Crippen LogP contribution in [0.1, 0.15) is 19.3 Å². The molecule has 2 aromatic rings. The zero-order valence-corrected chi connectivity index (χ0v) is 12.2. The Morgan fingerprint density at radius 3 is 2.76 bits per heavy atom. The lowest BCUT2D eigenvalue weighted by molar-refractivity contribution is 0.337. The van der Waals surface area contributed by atoms with Crippen LogP contribution in [0.3, 0.4) is 0 Å². The Labute approximate surface area is 124 Å². The first-order valence-corrected chi connectivity index (χ1v) is 7.56. The lowest BCUT2D eigenvalue weighted by atomic mass is 10.2. The molecule has 1 aromatic heterocycles. The number of nitrogens with zero attached hydrogens (tertiary/aromatic N) is 3. The number of para-hydroxylation sites is 1.